The highest BCUT2D eigenvalue weighted by Gasteiger charge is 2.25. The fourth-order valence-electron chi connectivity index (χ4n) is 2.78. The van der Waals surface area contributed by atoms with Gasteiger partial charge in [0.15, 0.2) is 0 Å². The van der Waals surface area contributed by atoms with Crippen LogP contribution in [0, 0.1) is 5.92 Å². The average molecular weight is 215 g/mol. The van der Waals surface area contributed by atoms with Gasteiger partial charge >= 0.3 is 0 Å². The molecule has 0 saturated heterocycles. The lowest BCUT2D eigenvalue weighted by molar-refractivity contribution is 0.447. The molecule has 0 aliphatic heterocycles. The van der Waals surface area contributed by atoms with Crippen molar-refractivity contribution in [2.75, 3.05) is 0 Å². The summed E-state index contributed by atoms with van der Waals surface area (Å²) in [6.07, 6.45) is 9.10. The Morgan fingerprint density at radius 1 is 1.31 bits per heavy atom. The molecule has 1 aliphatic rings. The number of rotatable bonds is 2. The van der Waals surface area contributed by atoms with E-state index >= 15 is 0 Å². The number of hydrogen-bond acceptors (Lipinski definition) is 2. The molecular formula is C13H17N3. The molecule has 84 valence electrons. The van der Waals surface area contributed by atoms with Crippen molar-refractivity contribution in [3.8, 4) is 0 Å². The number of hydrogen-bond donors (Lipinski definition) is 1. The van der Waals surface area contributed by atoms with Gasteiger partial charge in [0.25, 0.3) is 0 Å². The molecular weight excluding hydrogens is 198 g/mol. The van der Waals surface area contributed by atoms with Gasteiger partial charge in [0.2, 0.25) is 0 Å². The van der Waals surface area contributed by atoms with Gasteiger partial charge in [-0.25, -0.2) is 4.52 Å². The molecule has 1 atom stereocenters. The summed E-state index contributed by atoms with van der Waals surface area (Å²) in [5.41, 5.74) is 8.71. The third-order valence-corrected chi connectivity index (χ3v) is 3.72. The number of nitrogens with zero attached hydrogens (tertiary/aromatic N) is 2. The van der Waals surface area contributed by atoms with Gasteiger partial charge in [-0.3, -0.25) is 0 Å². The lowest BCUT2D eigenvalue weighted by atomic mass is 9.93. The Morgan fingerprint density at radius 2 is 2.12 bits per heavy atom. The van der Waals surface area contributed by atoms with Crippen LogP contribution in [0.3, 0.4) is 0 Å². The predicted octanol–water partition coefficient (Wildman–Crippen LogP) is 2.52. The van der Waals surface area contributed by atoms with Crippen LogP contribution in [0.15, 0.2) is 30.6 Å². The molecule has 1 fully saturated rings. The molecule has 1 aliphatic carbocycles. The van der Waals surface area contributed by atoms with Crippen LogP contribution in [-0.2, 0) is 0 Å². The van der Waals surface area contributed by atoms with E-state index in [1.807, 2.05) is 29.0 Å². The third kappa shape index (κ3) is 1.52. The molecule has 2 N–H and O–H groups in total. The van der Waals surface area contributed by atoms with E-state index in [-0.39, 0.29) is 6.04 Å². The second-order valence-corrected chi connectivity index (χ2v) is 4.70. The van der Waals surface area contributed by atoms with Crippen molar-refractivity contribution in [2.45, 2.75) is 31.7 Å². The van der Waals surface area contributed by atoms with Crippen molar-refractivity contribution in [3.63, 3.8) is 0 Å². The molecule has 2 aromatic rings. The van der Waals surface area contributed by atoms with Crippen LogP contribution < -0.4 is 5.73 Å². The van der Waals surface area contributed by atoms with E-state index in [4.69, 9.17) is 5.73 Å². The van der Waals surface area contributed by atoms with Crippen molar-refractivity contribution in [1.82, 2.24) is 9.61 Å². The molecule has 0 amide bonds. The van der Waals surface area contributed by atoms with Gasteiger partial charge in [-0.15, -0.1) is 0 Å². The van der Waals surface area contributed by atoms with Crippen LogP contribution in [0.25, 0.3) is 5.52 Å². The van der Waals surface area contributed by atoms with E-state index in [0.29, 0.717) is 5.92 Å². The molecule has 16 heavy (non-hydrogen) atoms. The summed E-state index contributed by atoms with van der Waals surface area (Å²) in [5.74, 6) is 0.646. The molecule has 1 saturated carbocycles. The van der Waals surface area contributed by atoms with Crippen molar-refractivity contribution in [3.05, 3.63) is 36.2 Å². The summed E-state index contributed by atoms with van der Waals surface area (Å²) < 4.78 is 1.91. The zero-order chi connectivity index (χ0) is 11.0. The molecule has 0 bridgehead atoms. The molecule has 3 heteroatoms. The first-order chi connectivity index (χ1) is 7.86. The summed E-state index contributed by atoms with van der Waals surface area (Å²) in [6.45, 7) is 0. The van der Waals surface area contributed by atoms with Gasteiger partial charge in [-0.05, 0) is 30.9 Å². The zero-order valence-corrected chi connectivity index (χ0v) is 9.34. The first kappa shape index (κ1) is 9.85. The average Bonchev–Trinajstić information content (AvgIpc) is 2.98. The highest BCUT2D eigenvalue weighted by Crippen LogP contribution is 2.35. The number of aromatic nitrogens is 2. The van der Waals surface area contributed by atoms with Crippen LogP contribution in [0.2, 0.25) is 0 Å². The second kappa shape index (κ2) is 3.91. The molecule has 2 heterocycles. The van der Waals surface area contributed by atoms with Gasteiger partial charge in [0.05, 0.1) is 11.7 Å². The molecule has 0 spiro atoms. The Bertz CT molecular complexity index is 483. The molecule has 0 aromatic carbocycles. The number of nitrogens with two attached hydrogens (primary N) is 1. The number of pyridine rings is 1. The minimum atomic E-state index is 0.155. The van der Waals surface area contributed by atoms with E-state index in [1.165, 1.54) is 31.2 Å². The monoisotopic (exact) mass is 215 g/mol. The maximum atomic E-state index is 6.36. The van der Waals surface area contributed by atoms with E-state index in [9.17, 15) is 0 Å². The van der Waals surface area contributed by atoms with Gasteiger partial charge < -0.3 is 5.73 Å². The van der Waals surface area contributed by atoms with Crippen LogP contribution in [0.1, 0.15) is 37.3 Å². The maximum Gasteiger partial charge on any atom is 0.0709 e. The zero-order valence-electron chi connectivity index (χ0n) is 9.34. The highest BCUT2D eigenvalue weighted by molar-refractivity contribution is 5.54. The maximum absolute atomic E-state index is 6.36. The SMILES string of the molecule is NC(c1cnn2ccccc12)C1CCCC1. The fraction of sp³-hybridized carbons (Fsp3) is 0.462. The summed E-state index contributed by atoms with van der Waals surface area (Å²) in [5, 5.41) is 4.35. The van der Waals surface area contributed by atoms with Gasteiger partial charge in [0.1, 0.15) is 0 Å². The van der Waals surface area contributed by atoms with Gasteiger partial charge in [0, 0.05) is 17.8 Å². The van der Waals surface area contributed by atoms with Crippen LogP contribution >= 0.6 is 0 Å². The van der Waals surface area contributed by atoms with E-state index in [1.54, 1.807) is 0 Å². The highest BCUT2D eigenvalue weighted by atomic mass is 15.2. The van der Waals surface area contributed by atoms with Gasteiger partial charge in [-0.1, -0.05) is 18.9 Å². The molecule has 3 rings (SSSR count). The Hall–Kier alpha value is -1.35. The summed E-state index contributed by atoms with van der Waals surface area (Å²) >= 11 is 0. The van der Waals surface area contributed by atoms with E-state index < -0.39 is 0 Å². The normalized spacial score (nSPS) is 19.3. The van der Waals surface area contributed by atoms with Crippen LogP contribution in [0.4, 0.5) is 0 Å². The first-order valence-corrected chi connectivity index (χ1v) is 6.04. The van der Waals surface area contributed by atoms with Crippen molar-refractivity contribution >= 4 is 5.52 Å². The molecule has 2 aromatic heterocycles. The minimum Gasteiger partial charge on any atom is -0.324 e. The van der Waals surface area contributed by atoms with Crippen LogP contribution in [0.5, 0.6) is 0 Å². The topological polar surface area (TPSA) is 43.3 Å². The lowest BCUT2D eigenvalue weighted by Crippen LogP contribution is -2.18. The van der Waals surface area contributed by atoms with Crippen LogP contribution in [-0.4, -0.2) is 9.61 Å². The van der Waals surface area contributed by atoms with E-state index in [0.717, 1.165) is 5.52 Å². The third-order valence-electron chi connectivity index (χ3n) is 3.72. The fourth-order valence-corrected chi connectivity index (χ4v) is 2.78. The minimum absolute atomic E-state index is 0.155. The Balaban J connectivity index is 1.98. The predicted molar refractivity (Wildman–Crippen MR) is 64.1 cm³/mol. The van der Waals surface area contributed by atoms with Crippen molar-refractivity contribution < 1.29 is 0 Å². The summed E-state index contributed by atoms with van der Waals surface area (Å²) in [6, 6.07) is 6.28. The largest absolute Gasteiger partial charge is 0.324 e. The smallest absolute Gasteiger partial charge is 0.0709 e. The summed E-state index contributed by atoms with van der Waals surface area (Å²) in [7, 11) is 0. The first-order valence-electron chi connectivity index (χ1n) is 6.04. The Morgan fingerprint density at radius 3 is 2.94 bits per heavy atom. The molecule has 0 radical (unpaired) electrons. The second-order valence-electron chi connectivity index (χ2n) is 4.70. The Kier molecular flexibility index (Phi) is 2.40. The quantitative estimate of drug-likeness (QED) is 0.836. The lowest BCUT2D eigenvalue weighted by Gasteiger charge is -2.17. The van der Waals surface area contributed by atoms with Crippen molar-refractivity contribution in [1.29, 1.82) is 0 Å². The summed E-state index contributed by atoms with van der Waals surface area (Å²) in [4.78, 5) is 0. The molecule has 3 nitrogen and oxygen atoms in total. The number of fused-ring (bicyclic) bond motifs is 1. The standard InChI is InChI=1S/C13H17N3/c14-13(10-5-1-2-6-10)11-9-15-16-8-4-3-7-12(11)16/h3-4,7-10,13H,1-2,5-6,14H2. The van der Waals surface area contributed by atoms with Crippen molar-refractivity contribution in [2.24, 2.45) is 11.7 Å². The Labute approximate surface area is 95.3 Å². The van der Waals surface area contributed by atoms with E-state index in [2.05, 4.69) is 11.2 Å². The molecule has 1 unspecified atom stereocenters. The van der Waals surface area contributed by atoms with Gasteiger partial charge in [-0.2, -0.15) is 5.10 Å².